The molecule has 0 aromatic carbocycles. The molecule has 6 nitrogen and oxygen atoms in total. The lowest BCUT2D eigenvalue weighted by Crippen LogP contribution is -2.21. The SMILES string of the molecule is O=C1OC(=O)C2CC=CCC12.O=C1OC(=O)C2CCCCC12. The Kier molecular flexibility index (Phi) is 4.09. The van der Waals surface area contributed by atoms with Gasteiger partial charge in [-0.15, -0.1) is 0 Å². The van der Waals surface area contributed by atoms with E-state index in [-0.39, 0.29) is 47.5 Å². The van der Waals surface area contributed by atoms with Gasteiger partial charge in [0.15, 0.2) is 0 Å². The standard InChI is InChI=1S/C8H10O3.C8H8O3/c2*9-7-5-3-1-2-4-6(5)8(10)11-7/h5-6H,1-4H2;1-2,5-6H,3-4H2. The maximum absolute atomic E-state index is 11.0. The number of carbonyl (C=O) groups is 4. The first-order valence-corrected chi connectivity index (χ1v) is 7.74. The molecule has 118 valence electrons. The van der Waals surface area contributed by atoms with Crippen LogP contribution in [0.5, 0.6) is 0 Å². The van der Waals surface area contributed by atoms with E-state index in [0.29, 0.717) is 12.8 Å². The molecule has 4 aliphatic rings. The molecule has 4 rings (SSSR count). The van der Waals surface area contributed by atoms with E-state index in [4.69, 9.17) is 0 Å². The van der Waals surface area contributed by atoms with Gasteiger partial charge in [0.25, 0.3) is 0 Å². The molecule has 4 unspecified atom stereocenters. The van der Waals surface area contributed by atoms with Gasteiger partial charge in [-0.25, -0.2) is 0 Å². The van der Waals surface area contributed by atoms with Crippen molar-refractivity contribution in [2.75, 3.05) is 0 Å². The van der Waals surface area contributed by atoms with Crippen molar-refractivity contribution in [3.8, 4) is 0 Å². The van der Waals surface area contributed by atoms with E-state index in [1.165, 1.54) is 0 Å². The van der Waals surface area contributed by atoms with E-state index in [2.05, 4.69) is 9.47 Å². The van der Waals surface area contributed by atoms with Crippen molar-refractivity contribution in [2.24, 2.45) is 23.7 Å². The highest BCUT2D eigenvalue weighted by Crippen LogP contribution is 2.36. The van der Waals surface area contributed by atoms with Gasteiger partial charge in [-0.3, -0.25) is 19.2 Å². The van der Waals surface area contributed by atoms with Gasteiger partial charge in [0.2, 0.25) is 0 Å². The van der Waals surface area contributed by atoms with E-state index < -0.39 is 0 Å². The molecule has 0 N–H and O–H groups in total. The molecule has 0 amide bonds. The lowest BCUT2D eigenvalue weighted by atomic mass is 9.81. The lowest BCUT2D eigenvalue weighted by molar-refractivity contribution is -0.155. The number of hydrogen-bond acceptors (Lipinski definition) is 6. The fourth-order valence-corrected chi connectivity index (χ4v) is 3.53. The number of cyclic esters (lactones) is 4. The number of esters is 4. The Morgan fingerprint density at radius 2 is 1.00 bits per heavy atom. The van der Waals surface area contributed by atoms with Crippen molar-refractivity contribution in [2.45, 2.75) is 38.5 Å². The molecular weight excluding hydrogens is 288 g/mol. The quantitative estimate of drug-likeness (QED) is 0.383. The van der Waals surface area contributed by atoms with E-state index in [1.807, 2.05) is 12.2 Å². The van der Waals surface area contributed by atoms with Crippen LogP contribution in [0, 0.1) is 23.7 Å². The van der Waals surface area contributed by atoms with Gasteiger partial charge in [0, 0.05) is 0 Å². The molecule has 0 radical (unpaired) electrons. The zero-order chi connectivity index (χ0) is 15.7. The number of allylic oxidation sites excluding steroid dienone is 2. The summed E-state index contributed by atoms with van der Waals surface area (Å²) in [5, 5.41) is 0. The number of hydrogen-bond donors (Lipinski definition) is 0. The van der Waals surface area contributed by atoms with Crippen LogP contribution in [-0.4, -0.2) is 23.9 Å². The highest BCUT2D eigenvalue weighted by molar-refractivity contribution is 5.97. The molecule has 3 fully saturated rings. The molecule has 0 aromatic heterocycles. The van der Waals surface area contributed by atoms with Crippen LogP contribution >= 0.6 is 0 Å². The average molecular weight is 306 g/mol. The molecule has 2 saturated heterocycles. The molecule has 2 aliphatic heterocycles. The topological polar surface area (TPSA) is 86.7 Å². The molecular formula is C16H18O6. The summed E-state index contributed by atoms with van der Waals surface area (Å²) in [6.45, 7) is 0. The third-order valence-corrected chi connectivity index (χ3v) is 4.81. The van der Waals surface area contributed by atoms with Gasteiger partial charge < -0.3 is 9.47 Å². The van der Waals surface area contributed by atoms with E-state index in [0.717, 1.165) is 25.7 Å². The minimum absolute atomic E-state index is 0.101. The van der Waals surface area contributed by atoms with Crippen LogP contribution in [0.4, 0.5) is 0 Å². The van der Waals surface area contributed by atoms with Crippen molar-refractivity contribution in [3.05, 3.63) is 12.2 Å². The first-order chi connectivity index (χ1) is 10.6. The summed E-state index contributed by atoms with van der Waals surface area (Å²) >= 11 is 0. The van der Waals surface area contributed by atoms with Crippen molar-refractivity contribution < 1.29 is 28.7 Å². The van der Waals surface area contributed by atoms with Gasteiger partial charge in [-0.2, -0.15) is 0 Å². The molecule has 6 heteroatoms. The zero-order valence-electron chi connectivity index (χ0n) is 12.2. The van der Waals surface area contributed by atoms with E-state index >= 15 is 0 Å². The average Bonchev–Trinajstić information content (AvgIpc) is 2.99. The Balaban J connectivity index is 0.000000131. The molecule has 1 saturated carbocycles. The summed E-state index contributed by atoms with van der Waals surface area (Å²) in [7, 11) is 0. The maximum atomic E-state index is 11.0. The third kappa shape index (κ3) is 2.69. The Morgan fingerprint density at radius 1 is 0.636 bits per heavy atom. The van der Waals surface area contributed by atoms with Gasteiger partial charge >= 0.3 is 23.9 Å². The Morgan fingerprint density at radius 3 is 1.41 bits per heavy atom. The van der Waals surface area contributed by atoms with Gasteiger partial charge in [0.1, 0.15) is 0 Å². The van der Waals surface area contributed by atoms with Crippen LogP contribution in [0.2, 0.25) is 0 Å². The fraction of sp³-hybridized carbons (Fsp3) is 0.625. The summed E-state index contributed by atoms with van der Waals surface area (Å²) in [4.78, 5) is 43.8. The second-order valence-corrected chi connectivity index (χ2v) is 6.13. The predicted molar refractivity (Wildman–Crippen MR) is 73.0 cm³/mol. The Labute approximate surface area is 127 Å². The minimum atomic E-state index is -0.343. The molecule has 4 atom stereocenters. The number of ether oxygens (including phenoxy) is 2. The largest absolute Gasteiger partial charge is 0.393 e. The van der Waals surface area contributed by atoms with Crippen molar-refractivity contribution in [1.29, 1.82) is 0 Å². The maximum Gasteiger partial charge on any atom is 0.317 e. The van der Waals surface area contributed by atoms with Gasteiger partial charge in [-0.1, -0.05) is 25.0 Å². The second kappa shape index (κ2) is 6.02. The van der Waals surface area contributed by atoms with E-state index in [1.54, 1.807) is 0 Å². The summed E-state index contributed by atoms with van der Waals surface area (Å²) < 4.78 is 9.02. The fourth-order valence-electron chi connectivity index (χ4n) is 3.53. The highest BCUT2D eigenvalue weighted by Gasteiger charge is 2.45. The van der Waals surface area contributed by atoms with Gasteiger partial charge in [0.05, 0.1) is 23.7 Å². The molecule has 0 bridgehead atoms. The third-order valence-electron chi connectivity index (χ3n) is 4.81. The first-order valence-electron chi connectivity index (χ1n) is 7.74. The Bertz CT molecular complexity index is 503. The molecule has 2 heterocycles. The summed E-state index contributed by atoms with van der Waals surface area (Å²) in [6, 6.07) is 0. The summed E-state index contributed by atoms with van der Waals surface area (Å²) in [6.07, 6.45) is 8.99. The monoisotopic (exact) mass is 306 g/mol. The lowest BCUT2D eigenvalue weighted by Gasteiger charge is -2.18. The normalized spacial score (nSPS) is 36.0. The highest BCUT2D eigenvalue weighted by atomic mass is 16.6. The van der Waals surface area contributed by atoms with Gasteiger partial charge in [-0.05, 0) is 25.7 Å². The molecule has 22 heavy (non-hydrogen) atoms. The van der Waals surface area contributed by atoms with Crippen LogP contribution in [0.3, 0.4) is 0 Å². The summed E-state index contributed by atoms with van der Waals surface area (Å²) in [5.41, 5.74) is 0. The number of fused-ring (bicyclic) bond motifs is 2. The van der Waals surface area contributed by atoms with E-state index in [9.17, 15) is 19.2 Å². The van der Waals surface area contributed by atoms with Crippen LogP contribution in [-0.2, 0) is 28.7 Å². The van der Waals surface area contributed by atoms with Crippen molar-refractivity contribution >= 4 is 23.9 Å². The number of rotatable bonds is 0. The number of carbonyl (C=O) groups excluding carboxylic acids is 4. The minimum Gasteiger partial charge on any atom is -0.393 e. The molecule has 2 aliphatic carbocycles. The molecule has 0 spiro atoms. The second-order valence-electron chi connectivity index (χ2n) is 6.13. The smallest absolute Gasteiger partial charge is 0.317 e. The van der Waals surface area contributed by atoms with Crippen LogP contribution in [0.1, 0.15) is 38.5 Å². The zero-order valence-corrected chi connectivity index (χ0v) is 12.2. The van der Waals surface area contributed by atoms with Crippen molar-refractivity contribution in [1.82, 2.24) is 0 Å². The predicted octanol–water partition coefficient (Wildman–Crippen LogP) is 1.53. The molecule has 0 aromatic rings. The first kappa shape index (κ1) is 14.9. The Hall–Kier alpha value is -1.98. The van der Waals surface area contributed by atoms with Crippen LogP contribution in [0.25, 0.3) is 0 Å². The van der Waals surface area contributed by atoms with Crippen molar-refractivity contribution in [3.63, 3.8) is 0 Å². The van der Waals surface area contributed by atoms with Crippen LogP contribution in [0.15, 0.2) is 12.2 Å². The van der Waals surface area contributed by atoms with Crippen LogP contribution < -0.4 is 0 Å². The summed E-state index contributed by atoms with van der Waals surface area (Å²) in [5.74, 6) is -1.85.